The van der Waals surface area contributed by atoms with E-state index in [1.807, 2.05) is 43.3 Å². The summed E-state index contributed by atoms with van der Waals surface area (Å²) in [7, 11) is 1.66. The normalized spacial score (nSPS) is 10.5. The molecule has 3 aromatic rings. The van der Waals surface area contributed by atoms with Crippen LogP contribution in [0.4, 0.5) is 5.69 Å². The third kappa shape index (κ3) is 5.52. The lowest BCUT2D eigenvalue weighted by Crippen LogP contribution is -2.25. The molecule has 1 aromatic heterocycles. The number of aromatic nitrogens is 1. The number of ether oxygens (including phenoxy) is 1. The molecular formula is C24H26N4O2. The minimum absolute atomic E-state index is 0.197. The van der Waals surface area contributed by atoms with Crippen molar-refractivity contribution < 1.29 is 9.53 Å². The summed E-state index contributed by atoms with van der Waals surface area (Å²) >= 11 is 0. The van der Waals surface area contributed by atoms with E-state index in [0.29, 0.717) is 30.2 Å². The van der Waals surface area contributed by atoms with E-state index in [1.165, 1.54) is 0 Å². The molecule has 0 atom stereocenters. The Bertz CT molecular complexity index is 1000. The van der Waals surface area contributed by atoms with Gasteiger partial charge in [-0.05, 0) is 55.3 Å². The third-order valence-electron chi connectivity index (χ3n) is 4.70. The SMILES string of the molecule is COCCCNC(=N)c1ccc(C(=O)Nc2ccc(C)c(-c3ccccn3)c2)cc1. The fourth-order valence-corrected chi connectivity index (χ4v) is 3.02. The van der Waals surface area contributed by atoms with Gasteiger partial charge >= 0.3 is 0 Å². The van der Waals surface area contributed by atoms with Gasteiger partial charge in [0.1, 0.15) is 5.84 Å². The molecule has 0 bridgehead atoms. The Balaban J connectivity index is 1.66. The number of carbonyl (C=O) groups is 1. The number of nitrogens with zero attached hydrogens (tertiary/aromatic N) is 1. The summed E-state index contributed by atoms with van der Waals surface area (Å²) in [4.78, 5) is 17.1. The molecule has 3 rings (SSSR count). The first-order valence-corrected chi connectivity index (χ1v) is 9.83. The maximum Gasteiger partial charge on any atom is 0.255 e. The van der Waals surface area contributed by atoms with E-state index in [-0.39, 0.29) is 5.91 Å². The molecule has 0 aliphatic rings. The second-order valence-electron chi connectivity index (χ2n) is 6.92. The van der Waals surface area contributed by atoms with Gasteiger partial charge in [0.05, 0.1) is 5.69 Å². The average molecular weight is 402 g/mol. The number of nitrogens with one attached hydrogen (secondary N) is 3. The van der Waals surface area contributed by atoms with E-state index in [1.54, 1.807) is 37.6 Å². The number of rotatable bonds is 8. The second-order valence-corrected chi connectivity index (χ2v) is 6.92. The Hall–Kier alpha value is -3.51. The molecule has 1 heterocycles. The number of carbonyl (C=O) groups excluding carboxylic acids is 1. The Morgan fingerprint density at radius 1 is 1.07 bits per heavy atom. The summed E-state index contributed by atoms with van der Waals surface area (Å²) in [6.07, 6.45) is 2.59. The van der Waals surface area contributed by atoms with Crippen LogP contribution in [0.3, 0.4) is 0 Å². The highest BCUT2D eigenvalue weighted by atomic mass is 16.5. The number of hydrogen-bond acceptors (Lipinski definition) is 4. The van der Waals surface area contributed by atoms with Crippen molar-refractivity contribution in [3.05, 3.63) is 83.6 Å². The molecule has 0 fully saturated rings. The molecule has 6 heteroatoms. The van der Waals surface area contributed by atoms with Crippen molar-refractivity contribution in [2.75, 3.05) is 25.6 Å². The highest BCUT2D eigenvalue weighted by molar-refractivity contribution is 6.05. The fraction of sp³-hybridized carbons (Fsp3) is 0.208. The monoisotopic (exact) mass is 402 g/mol. The van der Waals surface area contributed by atoms with Gasteiger partial charge in [-0.1, -0.05) is 24.3 Å². The fourth-order valence-electron chi connectivity index (χ4n) is 3.02. The largest absolute Gasteiger partial charge is 0.385 e. The zero-order valence-corrected chi connectivity index (χ0v) is 17.2. The number of pyridine rings is 1. The molecule has 154 valence electrons. The number of hydrogen-bond donors (Lipinski definition) is 3. The molecular weight excluding hydrogens is 376 g/mol. The van der Waals surface area contributed by atoms with Crippen molar-refractivity contribution >= 4 is 17.4 Å². The molecule has 3 N–H and O–H groups in total. The molecule has 0 aliphatic heterocycles. The van der Waals surface area contributed by atoms with Gasteiger partial charge in [-0.3, -0.25) is 15.2 Å². The Morgan fingerprint density at radius 2 is 1.83 bits per heavy atom. The smallest absolute Gasteiger partial charge is 0.255 e. The van der Waals surface area contributed by atoms with Crippen molar-refractivity contribution in [3.8, 4) is 11.3 Å². The molecule has 0 spiro atoms. The van der Waals surface area contributed by atoms with E-state index >= 15 is 0 Å². The first-order valence-electron chi connectivity index (χ1n) is 9.83. The Labute approximate surface area is 176 Å². The molecule has 6 nitrogen and oxygen atoms in total. The van der Waals surface area contributed by atoms with E-state index < -0.39 is 0 Å². The third-order valence-corrected chi connectivity index (χ3v) is 4.70. The number of methoxy groups -OCH3 is 1. The Morgan fingerprint density at radius 3 is 2.53 bits per heavy atom. The lowest BCUT2D eigenvalue weighted by Gasteiger charge is -2.11. The summed E-state index contributed by atoms with van der Waals surface area (Å²) in [6, 6.07) is 18.6. The molecule has 0 unspecified atom stereocenters. The summed E-state index contributed by atoms with van der Waals surface area (Å²) in [5, 5.41) is 14.1. The second kappa shape index (κ2) is 10.3. The first-order chi connectivity index (χ1) is 14.6. The van der Waals surface area contributed by atoms with Crippen LogP contribution in [0.2, 0.25) is 0 Å². The number of aryl methyl sites for hydroxylation is 1. The van der Waals surface area contributed by atoms with Gasteiger partial charge in [-0.2, -0.15) is 0 Å². The van der Waals surface area contributed by atoms with Gasteiger partial charge in [0.2, 0.25) is 0 Å². The van der Waals surface area contributed by atoms with Crippen molar-refractivity contribution in [2.45, 2.75) is 13.3 Å². The number of amides is 1. The minimum Gasteiger partial charge on any atom is -0.385 e. The molecule has 0 saturated carbocycles. The quantitative estimate of drug-likeness (QED) is 0.298. The average Bonchev–Trinajstić information content (AvgIpc) is 2.78. The summed E-state index contributed by atoms with van der Waals surface area (Å²) < 4.78 is 5.00. The van der Waals surface area contributed by atoms with Gasteiger partial charge < -0.3 is 15.4 Å². The highest BCUT2D eigenvalue weighted by Gasteiger charge is 2.10. The van der Waals surface area contributed by atoms with Crippen molar-refractivity contribution in [3.63, 3.8) is 0 Å². The van der Waals surface area contributed by atoms with Crippen LogP contribution in [-0.2, 0) is 4.74 Å². The van der Waals surface area contributed by atoms with E-state index in [2.05, 4.69) is 15.6 Å². The number of amidine groups is 1. The van der Waals surface area contributed by atoms with Gasteiger partial charge in [0, 0.05) is 48.8 Å². The summed E-state index contributed by atoms with van der Waals surface area (Å²) in [6.45, 7) is 3.34. The summed E-state index contributed by atoms with van der Waals surface area (Å²) in [5.41, 5.74) is 4.92. The van der Waals surface area contributed by atoms with Crippen LogP contribution >= 0.6 is 0 Å². The standard InChI is InChI=1S/C24H26N4O2/c1-17-7-12-20(16-21(17)22-6-3-4-13-26-22)28-24(29)19-10-8-18(9-11-19)23(25)27-14-5-15-30-2/h3-4,6-13,16H,5,14-15H2,1-2H3,(H2,25,27)(H,28,29). The number of anilines is 1. The van der Waals surface area contributed by atoms with Crippen LogP contribution in [0.1, 0.15) is 27.9 Å². The van der Waals surface area contributed by atoms with Crippen LogP contribution in [0.15, 0.2) is 66.9 Å². The van der Waals surface area contributed by atoms with E-state index in [4.69, 9.17) is 10.1 Å². The first kappa shape index (κ1) is 21.2. The van der Waals surface area contributed by atoms with Gasteiger partial charge in [-0.15, -0.1) is 0 Å². The molecule has 0 aliphatic carbocycles. The predicted octanol–water partition coefficient (Wildman–Crippen LogP) is 4.26. The van der Waals surface area contributed by atoms with Crippen LogP contribution in [-0.4, -0.2) is 37.0 Å². The predicted molar refractivity (Wildman–Crippen MR) is 120 cm³/mol. The lowest BCUT2D eigenvalue weighted by molar-refractivity contribution is 0.102. The molecule has 2 aromatic carbocycles. The van der Waals surface area contributed by atoms with Crippen LogP contribution in [0.5, 0.6) is 0 Å². The maximum atomic E-state index is 12.7. The highest BCUT2D eigenvalue weighted by Crippen LogP contribution is 2.25. The van der Waals surface area contributed by atoms with Crippen molar-refractivity contribution in [1.29, 1.82) is 5.41 Å². The van der Waals surface area contributed by atoms with Crippen LogP contribution < -0.4 is 10.6 Å². The number of benzene rings is 2. The molecule has 0 radical (unpaired) electrons. The van der Waals surface area contributed by atoms with Crippen LogP contribution in [0.25, 0.3) is 11.3 Å². The maximum absolute atomic E-state index is 12.7. The zero-order valence-electron chi connectivity index (χ0n) is 17.2. The molecule has 1 amide bonds. The van der Waals surface area contributed by atoms with Crippen LogP contribution in [0, 0.1) is 12.3 Å². The van der Waals surface area contributed by atoms with Gasteiger partial charge in [0.25, 0.3) is 5.91 Å². The minimum atomic E-state index is -0.197. The topological polar surface area (TPSA) is 87.1 Å². The van der Waals surface area contributed by atoms with Gasteiger partial charge in [0.15, 0.2) is 0 Å². The molecule has 30 heavy (non-hydrogen) atoms. The van der Waals surface area contributed by atoms with E-state index in [0.717, 1.165) is 28.8 Å². The Kier molecular flexibility index (Phi) is 7.29. The van der Waals surface area contributed by atoms with Gasteiger partial charge in [-0.25, -0.2) is 0 Å². The van der Waals surface area contributed by atoms with Crippen molar-refractivity contribution in [1.82, 2.24) is 10.3 Å². The van der Waals surface area contributed by atoms with E-state index in [9.17, 15) is 4.79 Å². The lowest BCUT2D eigenvalue weighted by atomic mass is 10.0. The summed E-state index contributed by atoms with van der Waals surface area (Å²) in [5.74, 6) is 0.133. The molecule has 0 saturated heterocycles. The van der Waals surface area contributed by atoms with Crippen molar-refractivity contribution in [2.24, 2.45) is 0 Å². The zero-order chi connectivity index (χ0) is 21.3.